The molecule has 2 aliphatic heterocycles. The number of likely N-dealkylation sites (tertiary alicyclic amines) is 2. The van der Waals surface area contributed by atoms with Crippen molar-refractivity contribution in [2.24, 2.45) is 5.41 Å². The fourth-order valence-corrected chi connectivity index (χ4v) is 6.58. The third kappa shape index (κ3) is 30.9. The molecule has 0 spiro atoms. The maximum Gasteiger partial charge on any atom is 0.226 e. The van der Waals surface area contributed by atoms with Crippen LogP contribution in [0.1, 0.15) is 197 Å². The number of aryl methyl sites for hydroxylation is 2. The lowest BCUT2D eigenvalue weighted by Gasteiger charge is -2.34. The summed E-state index contributed by atoms with van der Waals surface area (Å²) in [6.07, 6.45) is 35.4. The molecule has 0 aromatic carbocycles. The summed E-state index contributed by atoms with van der Waals surface area (Å²) in [4.78, 5) is 27.0. The highest BCUT2D eigenvalue weighted by molar-refractivity contribution is 5.77. The SMILES string of the molecule is C=C(C)C.C=CN1CCCCCC1=O.CCC(CC(C)(C)C)N1CCCCCC1=O.CCCCCCCCn1ccnn1.CCCCCCCCn1ccnn1. The molecule has 2 aromatic rings. The van der Waals surface area contributed by atoms with Crippen LogP contribution in [0.3, 0.4) is 0 Å². The molecule has 2 saturated heterocycles. The van der Waals surface area contributed by atoms with Gasteiger partial charge in [0.1, 0.15) is 0 Å². The first-order valence-electron chi connectivity index (χ1n) is 22.4. The Kier molecular flexibility index (Phi) is 32.9. The predicted octanol–water partition coefficient (Wildman–Crippen LogP) is 12.0. The molecule has 0 bridgehead atoms. The third-order valence-corrected chi connectivity index (χ3v) is 9.63. The van der Waals surface area contributed by atoms with Gasteiger partial charge >= 0.3 is 0 Å². The molecule has 0 radical (unpaired) electrons. The van der Waals surface area contributed by atoms with Crippen molar-refractivity contribution >= 4 is 11.8 Å². The second-order valence-corrected chi connectivity index (χ2v) is 16.9. The van der Waals surface area contributed by atoms with Crippen LogP contribution in [-0.4, -0.2) is 70.7 Å². The van der Waals surface area contributed by atoms with Gasteiger partial charge in [-0.05, 0) is 76.8 Å². The van der Waals surface area contributed by atoms with E-state index in [1.807, 2.05) is 35.6 Å². The second-order valence-electron chi connectivity index (χ2n) is 16.9. The summed E-state index contributed by atoms with van der Waals surface area (Å²) in [7, 11) is 0. The van der Waals surface area contributed by atoms with E-state index in [1.165, 1.54) is 102 Å². The van der Waals surface area contributed by atoms with Gasteiger partial charge in [0.15, 0.2) is 0 Å². The Hall–Kier alpha value is -3.30. The van der Waals surface area contributed by atoms with E-state index in [1.54, 1.807) is 23.5 Å². The lowest BCUT2D eigenvalue weighted by molar-refractivity contribution is -0.133. The van der Waals surface area contributed by atoms with E-state index < -0.39 is 0 Å². The van der Waals surface area contributed by atoms with Crippen molar-refractivity contribution in [2.45, 2.75) is 216 Å². The minimum Gasteiger partial charge on any atom is -0.340 e. The van der Waals surface area contributed by atoms with Crippen molar-refractivity contribution in [3.05, 3.63) is 49.7 Å². The number of carbonyl (C=O) groups excluding carboxylic acids is 2. The standard InChI is InChI=1S/C14H27NO.2C10H19N3.C8H13NO.C4H8/c1-5-12(11-14(2,3)4)15-10-8-6-7-9-13(15)16;2*1-2-3-4-5-6-7-9-13-10-8-11-12-13;1-2-9-7-5-3-4-6-8(9)10;1-4(2)3/h12H,5-11H2,1-4H3;2*8,10H,2-7,9H2,1H3;2H,1,3-7H2;1H2,2-3H3. The first kappa shape index (κ1) is 52.7. The Bertz CT molecular complexity index is 1160. The molecule has 2 amide bonds. The third-order valence-electron chi connectivity index (χ3n) is 9.63. The normalized spacial score (nSPS) is 14.9. The van der Waals surface area contributed by atoms with Crippen molar-refractivity contribution < 1.29 is 9.59 Å². The fraction of sp³-hybridized carbons (Fsp3) is 0.783. The van der Waals surface area contributed by atoms with Gasteiger partial charge in [-0.1, -0.05) is 141 Å². The summed E-state index contributed by atoms with van der Waals surface area (Å²) in [5.74, 6) is 0.612. The van der Waals surface area contributed by atoms with Gasteiger partial charge < -0.3 is 9.80 Å². The molecule has 322 valence electrons. The molecule has 10 heteroatoms. The Balaban J connectivity index is 0.000000704. The number of amides is 2. The molecule has 0 aliphatic carbocycles. The largest absolute Gasteiger partial charge is 0.340 e. The van der Waals surface area contributed by atoms with Gasteiger partial charge in [-0.25, -0.2) is 0 Å². The minimum absolute atomic E-state index is 0.229. The summed E-state index contributed by atoms with van der Waals surface area (Å²) < 4.78 is 3.81. The number of nitrogens with zero attached hydrogens (tertiary/aromatic N) is 8. The molecule has 2 aliphatic rings. The fourth-order valence-electron chi connectivity index (χ4n) is 6.58. The Morgan fingerprint density at radius 2 is 1.14 bits per heavy atom. The van der Waals surface area contributed by atoms with E-state index in [9.17, 15) is 9.59 Å². The van der Waals surface area contributed by atoms with Crippen LogP contribution in [-0.2, 0) is 22.7 Å². The average molecular weight is 783 g/mol. The molecule has 4 heterocycles. The minimum atomic E-state index is 0.229. The van der Waals surface area contributed by atoms with E-state index in [0.717, 1.165) is 64.7 Å². The van der Waals surface area contributed by atoms with Gasteiger partial charge in [0, 0.05) is 57.5 Å². The lowest BCUT2D eigenvalue weighted by atomic mass is 9.86. The molecule has 2 aromatic heterocycles. The topological polar surface area (TPSA) is 102 Å². The predicted molar refractivity (Wildman–Crippen MR) is 236 cm³/mol. The number of rotatable bonds is 18. The average Bonchev–Trinajstić information content (AvgIpc) is 3.79. The van der Waals surface area contributed by atoms with Crippen LogP contribution in [0.5, 0.6) is 0 Å². The van der Waals surface area contributed by atoms with Gasteiger partial charge in [-0.15, -0.1) is 16.8 Å². The molecule has 1 unspecified atom stereocenters. The number of unbranched alkanes of at least 4 members (excludes halogenated alkanes) is 10. The Morgan fingerprint density at radius 3 is 1.55 bits per heavy atom. The van der Waals surface area contributed by atoms with Gasteiger partial charge in [-0.3, -0.25) is 19.0 Å². The first-order chi connectivity index (χ1) is 26.9. The number of hydrogen-bond donors (Lipinski definition) is 0. The van der Waals surface area contributed by atoms with Crippen LogP contribution in [0.25, 0.3) is 0 Å². The maximum atomic E-state index is 12.0. The quantitative estimate of drug-likeness (QED) is 0.110. The molecule has 4 rings (SSSR count). The van der Waals surface area contributed by atoms with Gasteiger partial charge in [0.2, 0.25) is 11.8 Å². The number of allylic oxidation sites excluding steroid dienone is 1. The monoisotopic (exact) mass is 783 g/mol. The van der Waals surface area contributed by atoms with Crippen molar-refractivity contribution in [2.75, 3.05) is 13.1 Å². The Morgan fingerprint density at radius 1 is 0.696 bits per heavy atom. The van der Waals surface area contributed by atoms with Crippen molar-refractivity contribution in [3.8, 4) is 0 Å². The van der Waals surface area contributed by atoms with Crippen LogP contribution >= 0.6 is 0 Å². The highest BCUT2D eigenvalue weighted by Gasteiger charge is 2.27. The zero-order chi connectivity index (χ0) is 41.9. The van der Waals surface area contributed by atoms with E-state index >= 15 is 0 Å². The van der Waals surface area contributed by atoms with E-state index in [-0.39, 0.29) is 5.91 Å². The highest BCUT2D eigenvalue weighted by Crippen LogP contribution is 2.27. The first-order valence-corrected chi connectivity index (χ1v) is 22.4. The second kappa shape index (κ2) is 34.9. The summed E-state index contributed by atoms with van der Waals surface area (Å²) >= 11 is 0. The molecule has 10 nitrogen and oxygen atoms in total. The van der Waals surface area contributed by atoms with Crippen LogP contribution < -0.4 is 0 Å². The smallest absolute Gasteiger partial charge is 0.226 e. The van der Waals surface area contributed by atoms with Crippen LogP contribution in [0, 0.1) is 5.41 Å². The van der Waals surface area contributed by atoms with Crippen LogP contribution in [0.15, 0.2) is 49.7 Å². The van der Waals surface area contributed by atoms with Gasteiger partial charge in [0.05, 0.1) is 12.4 Å². The Labute approximate surface area is 344 Å². The molecule has 0 N–H and O–H groups in total. The molecular formula is C46H86N8O2. The number of carbonyl (C=O) groups is 2. The van der Waals surface area contributed by atoms with Crippen LogP contribution in [0.2, 0.25) is 0 Å². The molecule has 56 heavy (non-hydrogen) atoms. The van der Waals surface area contributed by atoms with E-state index in [4.69, 9.17) is 0 Å². The number of aromatic nitrogens is 6. The van der Waals surface area contributed by atoms with E-state index in [2.05, 4.69) is 80.2 Å². The zero-order valence-corrected chi connectivity index (χ0v) is 37.7. The summed E-state index contributed by atoms with van der Waals surface area (Å²) in [6.45, 7) is 28.4. The van der Waals surface area contributed by atoms with Crippen molar-refractivity contribution in [1.29, 1.82) is 0 Å². The van der Waals surface area contributed by atoms with Crippen LogP contribution in [0.4, 0.5) is 0 Å². The molecule has 2 fully saturated rings. The van der Waals surface area contributed by atoms with Gasteiger partial charge in [0.25, 0.3) is 0 Å². The highest BCUT2D eigenvalue weighted by atomic mass is 16.2. The van der Waals surface area contributed by atoms with Crippen molar-refractivity contribution in [3.63, 3.8) is 0 Å². The summed E-state index contributed by atoms with van der Waals surface area (Å²) in [6, 6.07) is 0.450. The van der Waals surface area contributed by atoms with E-state index in [0.29, 0.717) is 23.8 Å². The van der Waals surface area contributed by atoms with Crippen molar-refractivity contribution in [1.82, 2.24) is 39.8 Å². The van der Waals surface area contributed by atoms with Gasteiger partial charge in [-0.2, -0.15) is 0 Å². The molecular weight excluding hydrogens is 697 g/mol. The lowest BCUT2D eigenvalue weighted by Crippen LogP contribution is -2.41. The zero-order valence-electron chi connectivity index (χ0n) is 37.7. The molecule has 1 atom stereocenters. The summed E-state index contributed by atoms with van der Waals surface area (Å²) in [5.41, 5.74) is 1.48. The molecule has 0 saturated carbocycles. The number of hydrogen-bond acceptors (Lipinski definition) is 6. The summed E-state index contributed by atoms with van der Waals surface area (Å²) in [5, 5.41) is 15.4. The maximum absolute atomic E-state index is 12.0.